The Balaban J connectivity index is 1.70. The van der Waals surface area contributed by atoms with Gasteiger partial charge in [-0.15, -0.1) is 0 Å². The maximum atomic E-state index is 12.9. The fourth-order valence-electron chi connectivity index (χ4n) is 3.37. The molecule has 1 heterocycles. The molecule has 1 aromatic heterocycles. The molecule has 0 N–H and O–H groups in total. The summed E-state index contributed by atoms with van der Waals surface area (Å²) < 4.78 is 11.2. The average molecular weight is 479 g/mol. The van der Waals surface area contributed by atoms with E-state index in [1.165, 1.54) is 4.90 Å². The lowest BCUT2D eigenvalue weighted by Gasteiger charge is -2.22. The summed E-state index contributed by atoms with van der Waals surface area (Å²) in [5.74, 6) is -0.761. The van der Waals surface area contributed by atoms with Crippen molar-refractivity contribution in [2.45, 2.75) is 26.6 Å². The molecule has 35 heavy (non-hydrogen) atoms. The quantitative estimate of drug-likeness (QED) is 0.249. The van der Waals surface area contributed by atoms with Crippen molar-refractivity contribution < 1.29 is 24.0 Å². The largest absolute Gasteiger partial charge is 0.489 e. The number of carbonyl (C=O) groups is 2. The molecule has 0 saturated heterocycles. The second kappa shape index (κ2) is 11.6. The number of rotatable bonds is 10. The molecule has 10 heteroatoms. The molecule has 0 fully saturated rings. The molecule has 1 amide bonds. The fraction of sp³-hybridized carbons (Fsp3) is 0.240. The Kier molecular flexibility index (Phi) is 8.33. The normalized spacial score (nSPS) is 10.5. The van der Waals surface area contributed by atoms with Crippen LogP contribution in [-0.4, -0.2) is 39.9 Å². The number of benzene rings is 2. The number of carbonyl (C=O) groups excluding carboxylic acids is 2. The second-order valence-electron chi connectivity index (χ2n) is 7.62. The van der Waals surface area contributed by atoms with Crippen LogP contribution in [0.3, 0.4) is 0 Å². The number of pyridine rings is 1. The van der Waals surface area contributed by atoms with E-state index in [2.05, 4.69) is 4.74 Å². The van der Waals surface area contributed by atoms with Crippen LogP contribution in [0.1, 0.15) is 28.4 Å². The first-order valence-corrected chi connectivity index (χ1v) is 10.8. The van der Waals surface area contributed by atoms with Crippen molar-refractivity contribution in [3.63, 3.8) is 0 Å². The number of methoxy groups -OCH3 is 1. The van der Waals surface area contributed by atoms with Gasteiger partial charge in [-0.1, -0.05) is 42.5 Å². The van der Waals surface area contributed by atoms with Gasteiger partial charge in [-0.25, -0.2) is 4.79 Å². The van der Waals surface area contributed by atoms with Gasteiger partial charge in [-0.3, -0.25) is 24.3 Å². The maximum absolute atomic E-state index is 12.9. The number of ether oxygens (including phenoxy) is 2. The minimum Gasteiger partial charge on any atom is -0.489 e. The molecule has 0 aliphatic rings. The van der Waals surface area contributed by atoms with Crippen LogP contribution < -0.4 is 10.3 Å². The molecule has 0 saturated carbocycles. The van der Waals surface area contributed by atoms with Crippen LogP contribution in [-0.2, 0) is 29.2 Å². The molecule has 0 unspecified atom stereocenters. The Morgan fingerprint density at radius 2 is 1.74 bits per heavy atom. The zero-order valence-electron chi connectivity index (χ0n) is 19.4. The molecule has 2 aromatic carbocycles. The van der Waals surface area contributed by atoms with E-state index in [0.717, 1.165) is 35.1 Å². The summed E-state index contributed by atoms with van der Waals surface area (Å²) in [6, 6.07) is 17.9. The van der Waals surface area contributed by atoms with E-state index < -0.39 is 40.2 Å². The summed E-state index contributed by atoms with van der Waals surface area (Å²) in [6.07, 6.45) is 0.944. The van der Waals surface area contributed by atoms with Crippen molar-refractivity contribution in [3.8, 4) is 5.75 Å². The standard InChI is InChI=1S/C25H25N3O7/c1-3-26(14-18-9-11-21(12-10-18)35-17-19-7-5-4-6-8-19)23(29)16-27-15-20(28(32)33)13-22(24(27)30)25(31)34-2/h4-13,15H,3,14,16-17H2,1-2H3. The zero-order valence-corrected chi connectivity index (χ0v) is 19.4. The molecule has 10 nitrogen and oxygen atoms in total. The first kappa shape index (κ1) is 25.2. The lowest BCUT2D eigenvalue weighted by Crippen LogP contribution is -2.37. The van der Waals surface area contributed by atoms with E-state index in [-0.39, 0.29) is 6.54 Å². The van der Waals surface area contributed by atoms with Crippen LogP contribution in [0.4, 0.5) is 5.69 Å². The Hall–Kier alpha value is -4.47. The van der Waals surface area contributed by atoms with Gasteiger partial charge >= 0.3 is 5.97 Å². The lowest BCUT2D eigenvalue weighted by atomic mass is 10.2. The van der Waals surface area contributed by atoms with Crippen molar-refractivity contribution in [2.75, 3.05) is 13.7 Å². The van der Waals surface area contributed by atoms with E-state index in [0.29, 0.717) is 18.9 Å². The van der Waals surface area contributed by atoms with Crippen LogP contribution in [0.15, 0.2) is 71.7 Å². The van der Waals surface area contributed by atoms with Gasteiger partial charge in [0.15, 0.2) is 0 Å². The van der Waals surface area contributed by atoms with Gasteiger partial charge in [0.1, 0.15) is 24.5 Å². The zero-order chi connectivity index (χ0) is 25.4. The second-order valence-corrected chi connectivity index (χ2v) is 7.62. The van der Waals surface area contributed by atoms with Gasteiger partial charge in [0.05, 0.1) is 18.2 Å². The molecular weight excluding hydrogens is 454 g/mol. The first-order chi connectivity index (χ1) is 16.8. The number of amides is 1. The van der Waals surface area contributed by atoms with Crippen LogP contribution in [0.25, 0.3) is 0 Å². The third kappa shape index (κ3) is 6.53. The molecule has 3 aromatic rings. The topological polar surface area (TPSA) is 121 Å². The number of nitro groups is 1. The van der Waals surface area contributed by atoms with Gasteiger partial charge < -0.3 is 14.4 Å². The highest BCUT2D eigenvalue weighted by atomic mass is 16.6. The van der Waals surface area contributed by atoms with Crippen molar-refractivity contribution in [2.24, 2.45) is 0 Å². The Morgan fingerprint density at radius 3 is 2.34 bits per heavy atom. The van der Waals surface area contributed by atoms with Crippen LogP contribution in [0.5, 0.6) is 5.75 Å². The van der Waals surface area contributed by atoms with Crippen LogP contribution in [0.2, 0.25) is 0 Å². The predicted octanol–water partition coefficient (Wildman–Crippen LogP) is 3.17. The Morgan fingerprint density at radius 1 is 1.06 bits per heavy atom. The maximum Gasteiger partial charge on any atom is 0.343 e. The molecular formula is C25H25N3O7. The molecule has 0 bridgehead atoms. The summed E-state index contributed by atoms with van der Waals surface area (Å²) in [5.41, 5.74) is 0.0438. The van der Waals surface area contributed by atoms with Crippen molar-refractivity contribution in [3.05, 3.63) is 104 Å². The highest BCUT2D eigenvalue weighted by Gasteiger charge is 2.22. The third-order valence-corrected chi connectivity index (χ3v) is 5.27. The van der Waals surface area contributed by atoms with E-state index in [1.54, 1.807) is 6.92 Å². The highest BCUT2D eigenvalue weighted by molar-refractivity contribution is 5.89. The van der Waals surface area contributed by atoms with E-state index in [1.807, 2.05) is 54.6 Å². The van der Waals surface area contributed by atoms with Crippen molar-refractivity contribution in [1.29, 1.82) is 0 Å². The van der Waals surface area contributed by atoms with Crippen LogP contribution >= 0.6 is 0 Å². The third-order valence-electron chi connectivity index (χ3n) is 5.27. The number of nitrogens with zero attached hydrogens (tertiary/aromatic N) is 3. The summed E-state index contributed by atoms with van der Waals surface area (Å²) in [5, 5.41) is 11.2. The highest BCUT2D eigenvalue weighted by Crippen LogP contribution is 2.16. The summed E-state index contributed by atoms with van der Waals surface area (Å²) in [7, 11) is 1.06. The minimum atomic E-state index is -1.01. The minimum absolute atomic E-state index is 0.266. The monoisotopic (exact) mass is 479 g/mol. The Labute approximate surface area is 201 Å². The summed E-state index contributed by atoms with van der Waals surface area (Å²) >= 11 is 0. The smallest absolute Gasteiger partial charge is 0.343 e. The number of hydrogen-bond acceptors (Lipinski definition) is 7. The molecule has 0 aliphatic carbocycles. The van der Waals surface area contributed by atoms with Gasteiger partial charge in [-0.2, -0.15) is 0 Å². The van der Waals surface area contributed by atoms with E-state index in [4.69, 9.17) is 4.74 Å². The number of hydrogen-bond donors (Lipinski definition) is 0. The average Bonchev–Trinajstić information content (AvgIpc) is 2.87. The van der Waals surface area contributed by atoms with Crippen molar-refractivity contribution in [1.82, 2.24) is 9.47 Å². The number of esters is 1. The molecule has 0 spiro atoms. The lowest BCUT2D eigenvalue weighted by molar-refractivity contribution is -0.385. The van der Waals surface area contributed by atoms with E-state index in [9.17, 15) is 24.5 Å². The van der Waals surface area contributed by atoms with Gasteiger partial charge in [0, 0.05) is 19.2 Å². The van der Waals surface area contributed by atoms with Crippen LogP contribution in [0, 0.1) is 10.1 Å². The molecule has 182 valence electrons. The van der Waals surface area contributed by atoms with E-state index >= 15 is 0 Å². The molecule has 0 aliphatic heterocycles. The van der Waals surface area contributed by atoms with Crippen molar-refractivity contribution >= 4 is 17.6 Å². The fourth-order valence-corrected chi connectivity index (χ4v) is 3.37. The SMILES string of the molecule is CCN(Cc1ccc(OCc2ccccc2)cc1)C(=O)Cn1cc([N+](=O)[O-])cc(C(=O)OC)c1=O. The molecule has 0 radical (unpaired) electrons. The van der Waals surface area contributed by atoms with Gasteiger partial charge in [0.2, 0.25) is 5.91 Å². The van der Waals surface area contributed by atoms with Gasteiger partial charge in [0.25, 0.3) is 11.2 Å². The summed E-state index contributed by atoms with van der Waals surface area (Å²) in [4.78, 5) is 49.4. The Bertz CT molecular complexity index is 1250. The summed E-state index contributed by atoms with van der Waals surface area (Å²) in [6.45, 7) is 2.37. The first-order valence-electron chi connectivity index (χ1n) is 10.8. The molecule has 3 rings (SSSR count). The van der Waals surface area contributed by atoms with Gasteiger partial charge in [-0.05, 0) is 30.2 Å². The predicted molar refractivity (Wildman–Crippen MR) is 127 cm³/mol. The molecule has 0 atom stereocenters. The number of aromatic nitrogens is 1. The number of likely N-dealkylation sites (N-methyl/N-ethyl adjacent to an activating group) is 1.